The van der Waals surface area contributed by atoms with E-state index in [1.54, 1.807) is 0 Å². The van der Waals surface area contributed by atoms with Gasteiger partial charge in [-0.3, -0.25) is 0 Å². The van der Waals surface area contributed by atoms with Gasteiger partial charge in [-0.1, -0.05) is 110 Å². The summed E-state index contributed by atoms with van der Waals surface area (Å²) in [5, 5.41) is 0. The minimum atomic E-state index is -2.87. The number of hydrogen-bond donors (Lipinski definition) is 0. The molecule has 1 radical (unpaired) electrons. The van der Waals surface area contributed by atoms with Crippen molar-refractivity contribution < 1.29 is 8.42 Å². The second-order valence-corrected chi connectivity index (χ2v) is 9.08. The molecule has 0 bridgehead atoms. The Labute approximate surface area is 146 Å². The van der Waals surface area contributed by atoms with Crippen LogP contribution in [0.2, 0.25) is 0 Å². The summed E-state index contributed by atoms with van der Waals surface area (Å²) in [5.74, 6) is 1.46. The van der Waals surface area contributed by atoms with Crippen LogP contribution >= 0.6 is 0 Å². The lowest BCUT2D eigenvalue weighted by atomic mass is 10.0. The molecule has 2 nitrogen and oxygen atoms in total. The van der Waals surface area contributed by atoms with E-state index in [-0.39, 0.29) is 0 Å². The molecule has 0 spiro atoms. The molecule has 0 aromatic heterocycles. The molecule has 0 aliphatic heterocycles. The molecule has 0 N–H and O–H groups in total. The van der Waals surface area contributed by atoms with E-state index in [1.807, 2.05) is 0 Å². The first kappa shape index (κ1) is 22.9. The van der Waals surface area contributed by atoms with Gasteiger partial charge >= 0.3 is 0 Å². The summed E-state index contributed by atoms with van der Waals surface area (Å²) in [5.41, 5.74) is 0. The van der Waals surface area contributed by atoms with Crippen LogP contribution in [0.15, 0.2) is 0 Å². The van der Waals surface area contributed by atoms with Crippen molar-refractivity contribution in [3.63, 3.8) is 0 Å². The average Bonchev–Trinajstić information content (AvgIpc) is 2.49. The van der Waals surface area contributed by atoms with Crippen LogP contribution in [0.4, 0.5) is 0 Å². The van der Waals surface area contributed by atoms with E-state index in [4.69, 9.17) is 0 Å². The number of hydrogen-bond acceptors (Lipinski definition) is 2. The van der Waals surface area contributed by atoms with Crippen molar-refractivity contribution in [3.8, 4) is 0 Å². The van der Waals surface area contributed by atoms with Crippen LogP contribution < -0.4 is 0 Å². The van der Waals surface area contributed by atoms with Crippen molar-refractivity contribution in [1.82, 2.24) is 0 Å². The lowest BCUT2D eigenvalue weighted by molar-refractivity contribution is 0.529. The lowest BCUT2D eigenvalue weighted by Crippen LogP contribution is -1.95. The molecule has 0 heterocycles. The summed E-state index contributed by atoms with van der Waals surface area (Å²) in [6, 6.07) is 0. The van der Waals surface area contributed by atoms with Gasteiger partial charge in [-0.15, -0.1) is 0 Å². The molecular weight excluding hydrogens is 304 g/mol. The zero-order valence-electron chi connectivity index (χ0n) is 15.8. The number of unbranched alkanes of at least 4 members (excludes halogenated alkanes) is 16. The maximum atomic E-state index is 10.9. The molecule has 139 valence electrons. The van der Waals surface area contributed by atoms with Gasteiger partial charge in [0.05, 0.1) is 5.75 Å². The Morgan fingerprint density at radius 1 is 0.565 bits per heavy atom. The summed E-state index contributed by atoms with van der Waals surface area (Å²) in [4.78, 5) is 0. The van der Waals surface area contributed by atoms with E-state index in [0.717, 1.165) is 12.8 Å². The third-order valence-corrected chi connectivity index (χ3v) is 5.32. The minimum Gasteiger partial charge on any atom is -0.229 e. The van der Waals surface area contributed by atoms with Crippen LogP contribution in [0, 0.1) is 5.75 Å². The number of rotatable bonds is 18. The summed E-state index contributed by atoms with van der Waals surface area (Å²) in [6.07, 6.45) is 23.7. The van der Waals surface area contributed by atoms with E-state index in [2.05, 4.69) is 6.92 Å². The summed E-state index contributed by atoms with van der Waals surface area (Å²) in [6.45, 7) is 2.28. The van der Waals surface area contributed by atoms with Gasteiger partial charge in [-0.05, 0) is 6.42 Å². The van der Waals surface area contributed by atoms with Gasteiger partial charge in [0, 0.05) is 6.26 Å². The highest BCUT2D eigenvalue weighted by molar-refractivity contribution is 7.92. The largest absolute Gasteiger partial charge is 0.229 e. The fourth-order valence-corrected chi connectivity index (χ4v) is 3.58. The van der Waals surface area contributed by atoms with Gasteiger partial charge in [-0.25, -0.2) is 8.42 Å². The predicted molar refractivity (Wildman–Crippen MR) is 103 cm³/mol. The third kappa shape index (κ3) is 21.9. The van der Waals surface area contributed by atoms with Gasteiger partial charge in [0.25, 0.3) is 0 Å². The standard InChI is InChI=1S/C20H41O2S/c1-3-4-5-6-7-8-9-10-11-12-13-14-15-16-17-18-19-20-23(2,21)22/h20H,3-19H2,1-2H3. The highest BCUT2D eigenvalue weighted by Gasteiger charge is 2.01. The monoisotopic (exact) mass is 345 g/mol. The van der Waals surface area contributed by atoms with Crippen LogP contribution in [-0.2, 0) is 9.84 Å². The molecule has 23 heavy (non-hydrogen) atoms. The zero-order chi connectivity index (χ0) is 17.2. The SMILES string of the molecule is CCCCCCCCCCCCCCCCCC[CH]S(C)(=O)=O. The van der Waals surface area contributed by atoms with Gasteiger partial charge < -0.3 is 0 Å². The molecule has 0 saturated carbocycles. The van der Waals surface area contributed by atoms with E-state index in [1.165, 1.54) is 108 Å². The van der Waals surface area contributed by atoms with Gasteiger partial charge in [0.2, 0.25) is 0 Å². The first-order valence-corrected chi connectivity index (χ1v) is 12.0. The second kappa shape index (κ2) is 16.8. The molecule has 0 unspecified atom stereocenters. The maximum Gasteiger partial charge on any atom is 0.151 e. The van der Waals surface area contributed by atoms with Crippen molar-refractivity contribution in [1.29, 1.82) is 0 Å². The third-order valence-electron chi connectivity index (χ3n) is 4.48. The van der Waals surface area contributed by atoms with Crippen LogP contribution in [0.1, 0.15) is 116 Å². The van der Waals surface area contributed by atoms with Crippen LogP contribution in [0.3, 0.4) is 0 Å². The molecule has 0 saturated heterocycles. The Bertz CT molecular complexity index is 323. The van der Waals surface area contributed by atoms with E-state index in [0.29, 0.717) is 0 Å². The van der Waals surface area contributed by atoms with Crippen molar-refractivity contribution in [3.05, 3.63) is 5.75 Å². The molecule has 0 aromatic rings. The average molecular weight is 346 g/mol. The van der Waals surface area contributed by atoms with Crippen LogP contribution in [0.5, 0.6) is 0 Å². The van der Waals surface area contributed by atoms with Gasteiger partial charge in [0.1, 0.15) is 0 Å². The molecule has 0 fully saturated rings. The molecule has 0 atom stereocenters. The van der Waals surface area contributed by atoms with Crippen molar-refractivity contribution in [2.45, 2.75) is 116 Å². The van der Waals surface area contributed by atoms with Crippen molar-refractivity contribution in [2.75, 3.05) is 6.26 Å². The van der Waals surface area contributed by atoms with Crippen molar-refractivity contribution in [2.24, 2.45) is 0 Å². The quantitative estimate of drug-likeness (QED) is 0.255. The summed E-state index contributed by atoms with van der Waals surface area (Å²) >= 11 is 0. The fourth-order valence-electron chi connectivity index (χ4n) is 2.99. The fraction of sp³-hybridized carbons (Fsp3) is 0.950. The van der Waals surface area contributed by atoms with Gasteiger partial charge in [-0.2, -0.15) is 0 Å². The topological polar surface area (TPSA) is 34.1 Å². The van der Waals surface area contributed by atoms with E-state index < -0.39 is 9.84 Å². The molecule has 0 rings (SSSR count). The van der Waals surface area contributed by atoms with Crippen molar-refractivity contribution >= 4 is 9.84 Å². The smallest absolute Gasteiger partial charge is 0.151 e. The normalized spacial score (nSPS) is 11.9. The molecular formula is C20H41O2S. The Morgan fingerprint density at radius 3 is 1.17 bits per heavy atom. The lowest BCUT2D eigenvalue weighted by Gasteiger charge is -2.03. The first-order chi connectivity index (χ1) is 11.1. The Balaban J connectivity index is 3.03. The zero-order valence-corrected chi connectivity index (χ0v) is 16.6. The van der Waals surface area contributed by atoms with Gasteiger partial charge in [0.15, 0.2) is 9.84 Å². The highest BCUT2D eigenvalue weighted by Crippen LogP contribution is 2.14. The maximum absolute atomic E-state index is 10.9. The molecule has 0 amide bonds. The summed E-state index contributed by atoms with van der Waals surface area (Å²) in [7, 11) is -2.87. The summed E-state index contributed by atoms with van der Waals surface area (Å²) < 4.78 is 21.9. The molecule has 3 heteroatoms. The molecule has 0 aromatic carbocycles. The van der Waals surface area contributed by atoms with E-state index >= 15 is 0 Å². The van der Waals surface area contributed by atoms with Crippen LogP contribution in [-0.4, -0.2) is 14.7 Å². The Hall–Kier alpha value is -0.0500. The van der Waals surface area contributed by atoms with Crippen LogP contribution in [0.25, 0.3) is 0 Å². The Morgan fingerprint density at radius 2 is 0.870 bits per heavy atom. The Kier molecular flexibility index (Phi) is 16.8. The highest BCUT2D eigenvalue weighted by atomic mass is 32.2. The predicted octanol–water partition coefficient (Wildman–Crippen LogP) is 6.84. The molecule has 0 aliphatic carbocycles. The molecule has 0 aliphatic rings. The number of sulfone groups is 1. The van der Waals surface area contributed by atoms with E-state index in [9.17, 15) is 8.42 Å². The first-order valence-electron chi connectivity index (χ1n) is 10.1. The second-order valence-electron chi connectivity index (χ2n) is 7.09. The minimum absolute atomic E-state index is 0.720.